The van der Waals surface area contributed by atoms with Crippen LogP contribution in [0.1, 0.15) is 19.4 Å². The fraction of sp³-hybridized carbons (Fsp3) is 0.455. The highest BCUT2D eigenvalue weighted by Gasteiger charge is 2.66. The lowest BCUT2D eigenvalue weighted by atomic mass is 9.76. The molecule has 2 fully saturated rings. The minimum absolute atomic E-state index is 0.0376. The van der Waals surface area contributed by atoms with E-state index in [2.05, 4.69) is 22.4 Å². The van der Waals surface area contributed by atoms with Gasteiger partial charge in [-0.15, -0.1) is 0 Å². The molecule has 146 valence electrons. The van der Waals surface area contributed by atoms with Gasteiger partial charge < -0.3 is 19.9 Å². The Morgan fingerprint density at radius 2 is 2.21 bits per heavy atom. The number of H-pyrrole nitrogens is 1. The van der Waals surface area contributed by atoms with E-state index in [1.54, 1.807) is 0 Å². The summed E-state index contributed by atoms with van der Waals surface area (Å²) in [6, 6.07) is 8.23. The summed E-state index contributed by atoms with van der Waals surface area (Å²) in [5.74, 6) is -0.888. The van der Waals surface area contributed by atoms with Crippen molar-refractivity contribution in [2.75, 3.05) is 13.1 Å². The number of carbonyl (C=O) groups is 2. The summed E-state index contributed by atoms with van der Waals surface area (Å²) in [5.41, 5.74) is 1.67. The van der Waals surface area contributed by atoms with E-state index in [1.165, 1.54) is 10.9 Å². The molecule has 2 N–H and O–H groups in total. The van der Waals surface area contributed by atoms with Crippen LogP contribution in [0.3, 0.4) is 0 Å². The number of nitrogens with one attached hydrogen (secondary N) is 2. The maximum Gasteiger partial charge on any atom is 0.230 e. The van der Waals surface area contributed by atoms with E-state index in [1.807, 2.05) is 49.2 Å². The Labute approximate surface area is 163 Å². The van der Waals surface area contributed by atoms with Gasteiger partial charge in [0.25, 0.3) is 0 Å². The van der Waals surface area contributed by atoms with Crippen molar-refractivity contribution < 1.29 is 14.3 Å². The zero-order chi connectivity index (χ0) is 19.5. The highest BCUT2D eigenvalue weighted by atomic mass is 16.5. The van der Waals surface area contributed by atoms with Crippen LogP contribution in [0.15, 0.2) is 42.6 Å². The van der Waals surface area contributed by atoms with Crippen LogP contribution >= 0.6 is 0 Å². The molecule has 0 saturated carbocycles. The van der Waals surface area contributed by atoms with Gasteiger partial charge in [-0.3, -0.25) is 9.59 Å². The van der Waals surface area contributed by atoms with Crippen LogP contribution in [-0.2, 0) is 20.7 Å². The number of fused-ring (bicyclic) bond motifs is 2. The molecule has 1 spiro atoms. The van der Waals surface area contributed by atoms with E-state index in [-0.39, 0.29) is 24.0 Å². The molecule has 0 unspecified atom stereocenters. The first-order chi connectivity index (χ1) is 13.5. The van der Waals surface area contributed by atoms with E-state index < -0.39 is 17.4 Å². The lowest BCUT2D eigenvalue weighted by Crippen LogP contribution is -2.45. The Hall–Kier alpha value is -2.60. The number of ether oxygens (including phenoxy) is 1. The van der Waals surface area contributed by atoms with Crippen molar-refractivity contribution in [3.05, 3.63) is 48.2 Å². The number of hydrogen-bond acceptors (Lipinski definition) is 3. The molecular weight excluding hydrogens is 354 g/mol. The molecule has 1 aromatic heterocycles. The van der Waals surface area contributed by atoms with Gasteiger partial charge in [-0.25, -0.2) is 0 Å². The van der Waals surface area contributed by atoms with Crippen LogP contribution in [0.2, 0.25) is 0 Å². The third-order valence-electron chi connectivity index (χ3n) is 6.24. The first kappa shape index (κ1) is 17.5. The van der Waals surface area contributed by atoms with Gasteiger partial charge in [0.15, 0.2) is 0 Å². The number of hydrogen-bond donors (Lipinski definition) is 2. The summed E-state index contributed by atoms with van der Waals surface area (Å²) >= 11 is 0. The Kier molecular flexibility index (Phi) is 3.88. The van der Waals surface area contributed by atoms with E-state index >= 15 is 0 Å². The van der Waals surface area contributed by atoms with E-state index in [9.17, 15) is 9.59 Å². The van der Waals surface area contributed by atoms with Crippen LogP contribution in [0.5, 0.6) is 0 Å². The fourth-order valence-corrected chi connectivity index (χ4v) is 5.04. The smallest absolute Gasteiger partial charge is 0.230 e. The molecule has 6 heteroatoms. The van der Waals surface area contributed by atoms with Crippen LogP contribution < -0.4 is 5.32 Å². The lowest BCUT2D eigenvalue weighted by molar-refractivity contribution is -0.137. The lowest BCUT2D eigenvalue weighted by Gasteiger charge is -2.24. The van der Waals surface area contributed by atoms with Gasteiger partial charge in [-0.2, -0.15) is 0 Å². The Morgan fingerprint density at radius 3 is 3.04 bits per heavy atom. The fourth-order valence-electron chi connectivity index (χ4n) is 5.04. The van der Waals surface area contributed by atoms with Gasteiger partial charge in [0.05, 0.1) is 24.5 Å². The predicted octanol–water partition coefficient (Wildman–Crippen LogP) is 2.02. The second kappa shape index (κ2) is 6.21. The third kappa shape index (κ3) is 2.51. The molecule has 4 atom stereocenters. The molecule has 4 heterocycles. The molecule has 5 rings (SSSR count). The van der Waals surface area contributed by atoms with Gasteiger partial charge in [0.1, 0.15) is 5.60 Å². The second-order valence-electron chi connectivity index (χ2n) is 8.43. The van der Waals surface area contributed by atoms with Crippen LogP contribution in [0.4, 0.5) is 0 Å². The molecule has 6 nitrogen and oxygen atoms in total. The van der Waals surface area contributed by atoms with Gasteiger partial charge >= 0.3 is 0 Å². The average molecular weight is 379 g/mol. The maximum absolute atomic E-state index is 13.2. The number of likely N-dealkylation sites (tertiary alicyclic amines) is 1. The minimum atomic E-state index is -0.638. The number of benzene rings is 1. The summed E-state index contributed by atoms with van der Waals surface area (Å²) in [5, 5.41) is 4.15. The van der Waals surface area contributed by atoms with E-state index in [0.717, 1.165) is 11.9 Å². The summed E-state index contributed by atoms with van der Waals surface area (Å²) in [6.07, 6.45) is 6.46. The number of amides is 2. The third-order valence-corrected chi connectivity index (χ3v) is 6.24. The number of para-hydroxylation sites is 1. The largest absolute Gasteiger partial charge is 0.361 e. The molecule has 0 aliphatic carbocycles. The first-order valence-corrected chi connectivity index (χ1v) is 10.00. The number of aromatic nitrogens is 1. The van der Waals surface area contributed by atoms with Gasteiger partial charge in [-0.1, -0.05) is 30.4 Å². The number of nitrogens with zero attached hydrogens (tertiary/aromatic N) is 1. The highest BCUT2D eigenvalue weighted by Crippen LogP contribution is 2.51. The first-order valence-electron chi connectivity index (χ1n) is 10.00. The van der Waals surface area contributed by atoms with Crippen molar-refractivity contribution in [3.8, 4) is 0 Å². The maximum atomic E-state index is 13.2. The topological polar surface area (TPSA) is 74.4 Å². The molecule has 28 heavy (non-hydrogen) atoms. The minimum Gasteiger partial charge on any atom is -0.361 e. The molecule has 0 radical (unpaired) electrons. The zero-order valence-corrected chi connectivity index (χ0v) is 16.1. The van der Waals surface area contributed by atoms with Crippen molar-refractivity contribution in [2.45, 2.75) is 38.0 Å². The summed E-state index contributed by atoms with van der Waals surface area (Å²) in [7, 11) is 0. The van der Waals surface area contributed by atoms with Crippen molar-refractivity contribution in [1.29, 1.82) is 0 Å². The second-order valence-corrected chi connectivity index (χ2v) is 8.43. The van der Waals surface area contributed by atoms with E-state index in [4.69, 9.17) is 4.74 Å². The quantitative estimate of drug-likeness (QED) is 0.781. The Bertz CT molecular complexity index is 978. The van der Waals surface area contributed by atoms with Crippen LogP contribution in [-0.4, -0.2) is 52.5 Å². The molecule has 2 amide bonds. The van der Waals surface area contributed by atoms with Gasteiger partial charge in [0.2, 0.25) is 11.8 Å². The molecule has 2 saturated heterocycles. The summed E-state index contributed by atoms with van der Waals surface area (Å²) < 4.78 is 6.17. The molecule has 3 aliphatic rings. The number of carbonyl (C=O) groups excluding carboxylic acids is 2. The zero-order valence-electron chi connectivity index (χ0n) is 16.1. The van der Waals surface area contributed by atoms with Crippen LogP contribution in [0.25, 0.3) is 10.9 Å². The average Bonchev–Trinajstić information content (AvgIpc) is 3.39. The Balaban J connectivity index is 1.34. The molecule has 3 aliphatic heterocycles. The SMILES string of the molecule is CC(C)NC(=O)[C@@H]1[C@H]2C(=O)N(CCc3c[nH]c4ccccc34)C[C@@]23C=C[C@H]1O3. The van der Waals surface area contributed by atoms with Crippen LogP contribution in [0, 0.1) is 11.8 Å². The highest BCUT2D eigenvalue weighted by molar-refractivity contribution is 5.93. The van der Waals surface area contributed by atoms with Crippen molar-refractivity contribution in [2.24, 2.45) is 11.8 Å². The monoisotopic (exact) mass is 379 g/mol. The number of aromatic amines is 1. The molecular formula is C22H25N3O3. The summed E-state index contributed by atoms with van der Waals surface area (Å²) in [4.78, 5) is 31.1. The predicted molar refractivity (Wildman–Crippen MR) is 106 cm³/mol. The number of rotatable bonds is 5. The summed E-state index contributed by atoms with van der Waals surface area (Å²) in [6.45, 7) is 5.01. The van der Waals surface area contributed by atoms with Gasteiger partial charge in [0, 0.05) is 29.7 Å². The van der Waals surface area contributed by atoms with Crippen molar-refractivity contribution in [3.63, 3.8) is 0 Å². The molecule has 1 aromatic carbocycles. The Morgan fingerprint density at radius 1 is 1.39 bits per heavy atom. The standard InChI is InChI=1S/C22H25N3O3/c1-13(2)24-20(26)18-17-7-9-22(28-17)12-25(21(27)19(18)22)10-8-14-11-23-16-6-4-3-5-15(14)16/h3-7,9,11,13,17-19,23H,8,10,12H2,1-2H3,(H,24,26)/t17-,18+,19+,22+/m1/s1. The van der Waals surface area contributed by atoms with E-state index in [0.29, 0.717) is 13.1 Å². The van der Waals surface area contributed by atoms with Gasteiger partial charge in [-0.05, 0) is 31.9 Å². The van der Waals surface area contributed by atoms with Crippen molar-refractivity contribution in [1.82, 2.24) is 15.2 Å². The molecule has 2 bridgehead atoms. The normalized spacial score (nSPS) is 30.6. The van der Waals surface area contributed by atoms with Crippen molar-refractivity contribution >= 4 is 22.7 Å². The molecule has 2 aromatic rings.